The minimum absolute atomic E-state index is 0.0367. The molecule has 0 atom stereocenters. The first-order chi connectivity index (χ1) is 26.2. The van der Waals surface area contributed by atoms with Crippen molar-refractivity contribution in [1.29, 1.82) is 0 Å². The molecule has 1 fully saturated rings. The van der Waals surface area contributed by atoms with Gasteiger partial charge in [-0.1, -0.05) is 57.2 Å². The van der Waals surface area contributed by atoms with E-state index in [0.29, 0.717) is 71.0 Å². The Labute approximate surface area is 315 Å². The summed E-state index contributed by atoms with van der Waals surface area (Å²) in [4.78, 5) is 59.6. The molecule has 55 heavy (non-hydrogen) atoms. The summed E-state index contributed by atoms with van der Waals surface area (Å²) < 4.78 is 6.14. The van der Waals surface area contributed by atoms with Crippen molar-refractivity contribution in [3.63, 3.8) is 0 Å². The normalized spacial score (nSPS) is 13.3. The molecule has 15 nitrogen and oxygen atoms in total. The number of benzene rings is 4. The van der Waals surface area contributed by atoms with Crippen LogP contribution in [-0.2, 0) is 12.5 Å². The van der Waals surface area contributed by atoms with E-state index in [4.69, 9.17) is 15.3 Å². The van der Waals surface area contributed by atoms with Gasteiger partial charge in [-0.15, -0.1) is 0 Å². The summed E-state index contributed by atoms with van der Waals surface area (Å²) in [5.74, 6) is -0.269. The van der Waals surface area contributed by atoms with Gasteiger partial charge in [0.05, 0.1) is 10.6 Å². The highest BCUT2D eigenvalue weighted by molar-refractivity contribution is 6.05. The molecule has 0 aliphatic carbocycles. The second-order valence-corrected chi connectivity index (χ2v) is 14.5. The Morgan fingerprint density at radius 1 is 0.873 bits per heavy atom. The zero-order chi connectivity index (χ0) is 39.2. The Balaban J connectivity index is 1.08. The van der Waals surface area contributed by atoms with Gasteiger partial charge in [0.2, 0.25) is 5.52 Å². The predicted octanol–water partition coefficient (Wildman–Crippen LogP) is 5.96. The molecule has 1 aliphatic rings. The van der Waals surface area contributed by atoms with Crippen LogP contribution < -0.4 is 21.5 Å². The third kappa shape index (κ3) is 6.87. The zero-order valence-corrected chi connectivity index (χ0v) is 31.0. The number of carbonyl (C=O) groups excluding carboxylic acids is 2. The maximum atomic E-state index is 13.5. The van der Waals surface area contributed by atoms with Gasteiger partial charge in [0.1, 0.15) is 17.2 Å². The highest BCUT2D eigenvalue weighted by Gasteiger charge is 2.27. The van der Waals surface area contributed by atoms with Crippen molar-refractivity contribution in [2.24, 2.45) is 7.05 Å². The molecule has 3 heterocycles. The fraction of sp³-hybridized carbons (Fsp3) is 0.250. The minimum atomic E-state index is -0.532. The lowest BCUT2D eigenvalue weighted by Crippen LogP contribution is -2.48. The smallest absolute Gasteiger partial charge is 0.300 e. The molecule has 2 aromatic heterocycles. The lowest BCUT2D eigenvalue weighted by Gasteiger charge is -2.36. The van der Waals surface area contributed by atoms with E-state index in [0.717, 1.165) is 11.1 Å². The Morgan fingerprint density at radius 3 is 2.18 bits per heavy atom. The highest BCUT2D eigenvalue weighted by Crippen LogP contribution is 2.34. The number of nitrogens with one attached hydrogen (secondary N) is 1. The van der Waals surface area contributed by atoms with E-state index in [2.05, 4.69) is 36.4 Å². The molecule has 3 N–H and O–H groups in total. The molecule has 15 heteroatoms. The summed E-state index contributed by atoms with van der Waals surface area (Å²) in [6.45, 7) is 9.94. The largest absolute Gasteiger partial charge is 0.383 e. The summed E-state index contributed by atoms with van der Waals surface area (Å²) in [6.07, 6.45) is 0. The van der Waals surface area contributed by atoms with Crippen LogP contribution in [0.4, 0.5) is 22.9 Å². The first-order valence-electron chi connectivity index (χ1n) is 17.7. The first kappa shape index (κ1) is 36.5. The van der Waals surface area contributed by atoms with Gasteiger partial charge in [0.15, 0.2) is 5.52 Å². The van der Waals surface area contributed by atoms with Crippen LogP contribution in [0.5, 0.6) is 0 Å². The quantitative estimate of drug-likeness (QED) is 0.145. The van der Waals surface area contributed by atoms with E-state index in [-0.39, 0.29) is 39.9 Å². The number of nitrogens with two attached hydrogens (primary N) is 1. The standard InChI is InChI=1S/C40H39N9O6/c1-23-28(7-6-8-29(23)42-37(50)25-13-15-27(16-14-25)40(2,3)4)33-36(41)46(5)39(52)32(43-33)24-9-11-26(12-10-24)38(51)48-21-19-47(20-22-48)30-17-18-31(49(53)54)35-34(30)44-55-45-35/h6-18H,19-22,41H2,1-5H3,(H,42,50). The molecule has 0 spiro atoms. The van der Waals surface area contributed by atoms with Crippen molar-refractivity contribution < 1.29 is 19.1 Å². The molecule has 1 saturated heterocycles. The van der Waals surface area contributed by atoms with Crippen molar-refractivity contribution in [1.82, 2.24) is 24.8 Å². The number of rotatable bonds is 7. The fourth-order valence-electron chi connectivity index (χ4n) is 6.72. The lowest BCUT2D eigenvalue weighted by molar-refractivity contribution is -0.383. The van der Waals surface area contributed by atoms with Crippen LogP contribution in [0.3, 0.4) is 0 Å². The number of non-ortho nitro benzene ring substituents is 1. The Kier molecular flexibility index (Phi) is 9.38. The summed E-state index contributed by atoms with van der Waals surface area (Å²) in [7, 11) is 1.58. The van der Waals surface area contributed by atoms with Gasteiger partial charge in [-0.2, -0.15) is 0 Å². The fourth-order valence-corrected chi connectivity index (χ4v) is 6.72. The molecule has 0 saturated carbocycles. The predicted molar refractivity (Wildman–Crippen MR) is 209 cm³/mol. The van der Waals surface area contributed by atoms with Crippen LogP contribution in [0.2, 0.25) is 0 Å². The molecular weight excluding hydrogens is 702 g/mol. The number of hydrogen-bond acceptors (Lipinski definition) is 11. The van der Waals surface area contributed by atoms with Crippen LogP contribution >= 0.6 is 0 Å². The topological polar surface area (TPSA) is 196 Å². The van der Waals surface area contributed by atoms with Crippen molar-refractivity contribution in [3.05, 3.63) is 122 Å². The van der Waals surface area contributed by atoms with Crippen LogP contribution in [0, 0.1) is 17.0 Å². The lowest BCUT2D eigenvalue weighted by atomic mass is 9.86. The molecule has 0 bridgehead atoms. The average molecular weight is 742 g/mol. The van der Waals surface area contributed by atoms with Gasteiger partial charge in [-0.25, -0.2) is 9.61 Å². The number of nitrogens with zero attached hydrogens (tertiary/aromatic N) is 7. The second kappa shape index (κ2) is 14.2. The Morgan fingerprint density at radius 2 is 1.53 bits per heavy atom. The highest BCUT2D eigenvalue weighted by atomic mass is 16.6. The third-order valence-corrected chi connectivity index (χ3v) is 10.1. The summed E-state index contributed by atoms with van der Waals surface area (Å²) in [6, 6.07) is 22.7. The van der Waals surface area contributed by atoms with Crippen LogP contribution in [0.25, 0.3) is 33.5 Å². The minimum Gasteiger partial charge on any atom is -0.383 e. The summed E-state index contributed by atoms with van der Waals surface area (Å²) in [5.41, 5.74) is 11.9. The Bertz CT molecular complexity index is 2530. The monoisotopic (exact) mass is 741 g/mol. The van der Waals surface area contributed by atoms with E-state index in [1.807, 2.05) is 42.2 Å². The van der Waals surface area contributed by atoms with Crippen LogP contribution in [0.15, 0.2) is 88.3 Å². The number of nitro groups is 1. The maximum absolute atomic E-state index is 13.5. The number of nitrogen functional groups attached to an aromatic ring is 1. The molecule has 1 aliphatic heterocycles. The SMILES string of the molecule is Cc1c(NC(=O)c2ccc(C(C)(C)C)cc2)cccc1-c1nc(-c2ccc(C(=O)N3CCN(c4ccc([N+](=O)[O-])c5nonc45)CC3)cc2)c(=O)n(C)c1N. The van der Waals surface area contributed by atoms with Crippen LogP contribution in [-0.4, -0.2) is 67.7 Å². The molecule has 0 radical (unpaired) electrons. The molecule has 0 unspecified atom stereocenters. The van der Waals surface area contributed by atoms with E-state index >= 15 is 0 Å². The van der Waals surface area contributed by atoms with Crippen molar-refractivity contribution in [3.8, 4) is 22.5 Å². The van der Waals surface area contributed by atoms with E-state index in [1.165, 1.54) is 10.6 Å². The van der Waals surface area contributed by atoms with Crippen molar-refractivity contribution >= 4 is 45.7 Å². The maximum Gasteiger partial charge on any atom is 0.300 e. The number of piperazine rings is 1. The number of carbonyl (C=O) groups is 2. The van der Waals surface area contributed by atoms with Gasteiger partial charge in [-0.3, -0.25) is 29.1 Å². The van der Waals surface area contributed by atoms with Gasteiger partial charge < -0.3 is 20.9 Å². The van der Waals surface area contributed by atoms with Gasteiger partial charge >= 0.3 is 5.69 Å². The van der Waals surface area contributed by atoms with E-state index < -0.39 is 10.5 Å². The molecular formula is C40H39N9O6. The number of amides is 2. The molecule has 280 valence electrons. The second-order valence-electron chi connectivity index (χ2n) is 14.5. The summed E-state index contributed by atoms with van der Waals surface area (Å²) in [5, 5.41) is 22.0. The third-order valence-electron chi connectivity index (χ3n) is 10.1. The number of anilines is 3. The number of aromatic nitrogens is 4. The first-order valence-corrected chi connectivity index (χ1v) is 17.7. The summed E-state index contributed by atoms with van der Waals surface area (Å²) >= 11 is 0. The average Bonchev–Trinajstić information content (AvgIpc) is 3.68. The number of fused-ring (bicyclic) bond motifs is 1. The van der Waals surface area contributed by atoms with Gasteiger partial charge in [-0.05, 0) is 70.2 Å². The van der Waals surface area contributed by atoms with Gasteiger partial charge in [0, 0.05) is 67.2 Å². The number of hydrogen-bond donors (Lipinski definition) is 2. The van der Waals surface area contributed by atoms with Crippen LogP contribution in [0.1, 0.15) is 52.6 Å². The molecule has 4 aromatic carbocycles. The van der Waals surface area contributed by atoms with Crippen molar-refractivity contribution in [2.75, 3.05) is 42.1 Å². The molecule has 7 rings (SSSR count). The van der Waals surface area contributed by atoms with Gasteiger partial charge in [0.25, 0.3) is 17.4 Å². The molecule has 6 aromatic rings. The number of nitro benzene ring substituents is 1. The Hall–Kier alpha value is -6.90. The van der Waals surface area contributed by atoms with Crippen molar-refractivity contribution in [2.45, 2.75) is 33.1 Å². The zero-order valence-electron chi connectivity index (χ0n) is 31.0. The van der Waals surface area contributed by atoms with E-state index in [9.17, 15) is 24.5 Å². The van der Waals surface area contributed by atoms with E-state index in [1.54, 1.807) is 54.4 Å². The molecule has 2 amide bonds.